The highest BCUT2D eigenvalue weighted by Crippen LogP contribution is 2.13. The highest BCUT2D eigenvalue weighted by Gasteiger charge is 2.10. The van der Waals surface area contributed by atoms with Crippen molar-refractivity contribution in [3.63, 3.8) is 0 Å². The zero-order chi connectivity index (χ0) is 13.5. The van der Waals surface area contributed by atoms with Crippen LogP contribution in [0.1, 0.15) is 44.7 Å². The molecule has 2 atom stereocenters. The van der Waals surface area contributed by atoms with Crippen LogP contribution in [0.15, 0.2) is 18.2 Å². The minimum absolute atomic E-state index is 0.115. The van der Waals surface area contributed by atoms with E-state index in [9.17, 15) is 4.39 Å². The lowest BCUT2D eigenvalue weighted by Crippen LogP contribution is -2.27. The van der Waals surface area contributed by atoms with Gasteiger partial charge in [0.2, 0.25) is 0 Å². The Hall–Kier alpha value is -1.40. The Morgan fingerprint density at radius 2 is 2.11 bits per heavy atom. The Labute approximate surface area is 109 Å². The molecule has 18 heavy (non-hydrogen) atoms. The fourth-order valence-corrected chi connectivity index (χ4v) is 1.94. The molecule has 1 rings (SSSR count). The van der Waals surface area contributed by atoms with Crippen LogP contribution < -0.4 is 5.32 Å². The molecule has 3 heteroatoms. The SMILES string of the molecule is CCC(C)CC(C)NCc1cccc(C#N)c1F. The van der Waals surface area contributed by atoms with Gasteiger partial charge >= 0.3 is 0 Å². The van der Waals surface area contributed by atoms with Crippen molar-refractivity contribution in [3.05, 3.63) is 35.1 Å². The van der Waals surface area contributed by atoms with Gasteiger partial charge in [-0.2, -0.15) is 5.26 Å². The number of rotatable bonds is 6. The van der Waals surface area contributed by atoms with Gasteiger partial charge in [-0.15, -0.1) is 0 Å². The monoisotopic (exact) mass is 248 g/mol. The second-order valence-corrected chi connectivity index (χ2v) is 4.92. The molecule has 0 aliphatic heterocycles. The molecule has 1 N–H and O–H groups in total. The Kier molecular flexibility index (Phi) is 5.80. The van der Waals surface area contributed by atoms with Gasteiger partial charge < -0.3 is 5.32 Å². The van der Waals surface area contributed by atoms with Crippen molar-refractivity contribution >= 4 is 0 Å². The molecule has 1 aromatic carbocycles. The van der Waals surface area contributed by atoms with E-state index in [1.165, 1.54) is 6.07 Å². The van der Waals surface area contributed by atoms with Crippen LogP contribution >= 0.6 is 0 Å². The number of nitrogens with one attached hydrogen (secondary N) is 1. The summed E-state index contributed by atoms with van der Waals surface area (Å²) in [6.07, 6.45) is 2.24. The van der Waals surface area contributed by atoms with E-state index >= 15 is 0 Å². The number of benzene rings is 1. The van der Waals surface area contributed by atoms with Crippen LogP contribution in [0.3, 0.4) is 0 Å². The Bertz CT molecular complexity index is 423. The summed E-state index contributed by atoms with van der Waals surface area (Å²) < 4.78 is 13.8. The van der Waals surface area contributed by atoms with Gasteiger partial charge in [-0.05, 0) is 25.3 Å². The molecule has 0 aromatic heterocycles. The van der Waals surface area contributed by atoms with E-state index in [1.807, 2.05) is 6.07 Å². The van der Waals surface area contributed by atoms with Crippen LogP contribution in [0, 0.1) is 23.1 Å². The standard InChI is InChI=1S/C15H21FN2/c1-4-11(2)8-12(3)18-10-14-7-5-6-13(9-17)15(14)16/h5-7,11-12,18H,4,8,10H2,1-3H3. The molecule has 2 nitrogen and oxygen atoms in total. The van der Waals surface area contributed by atoms with Gasteiger partial charge in [-0.25, -0.2) is 4.39 Å². The van der Waals surface area contributed by atoms with Gasteiger partial charge in [0, 0.05) is 18.2 Å². The third kappa shape index (κ3) is 4.12. The van der Waals surface area contributed by atoms with Crippen molar-refractivity contribution in [1.82, 2.24) is 5.32 Å². The molecule has 0 aliphatic carbocycles. The van der Waals surface area contributed by atoms with Crippen LogP contribution in [0.25, 0.3) is 0 Å². The first-order valence-electron chi connectivity index (χ1n) is 6.49. The first-order valence-corrected chi connectivity index (χ1v) is 6.49. The molecule has 0 bridgehead atoms. The van der Waals surface area contributed by atoms with Gasteiger partial charge in [0.05, 0.1) is 5.56 Å². The minimum atomic E-state index is -0.400. The summed E-state index contributed by atoms with van der Waals surface area (Å²) in [7, 11) is 0. The Balaban J connectivity index is 2.56. The first kappa shape index (κ1) is 14.7. The molecule has 0 saturated heterocycles. The number of halogens is 1. The summed E-state index contributed by atoms with van der Waals surface area (Å²) in [5.41, 5.74) is 0.675. The first-order chi connectivity index (χ1) is 8.58. The smallest absolute Gasteiger partial charge is 0.145 e. The molecule has 0 radical (unpaired) electrons. The van der Waals surface area contributed by atoms with E-state index in [1.54, 1.807) is 12.1 Å². The molecular weight excluding hydrogens is 227 g/mol. The second kappa shape index (κ2) is 7.13. The molecule has 98 valence electrons. The van der Waals surface area contributed by atoms with Crippen molar-refractivity contribution in [2.24, 2.45) is 5.92 Å². The third-order valence-corrected chi connectivity index (χ3v) is 3.29. The summed E-state index contributed by atoms with van der Waals surface area (Å²) in [6.45, 7) is 6.97. The van der Waals surface area contributed by atoms with Crippen LogP contribution in [0.2, 0.25) is 0 Å². The number of hydrogen-bond donors (Lipinski definition) is 1. The average molecular weight is 248 g/mol. The molecule has 0 spiro atoms. The van der Waals surface area contributed by atoms with Gasteiger partial charge in [0.15, 0.2) is 0 Å². The molecule has 1 aromatic rings. The van der Waals surface area contributed by atoms with E-state index in [2.05, 4.69) is 26.1 Å². The zero-order valence-electron chi connectivity index (χ0n) is 11.3. The van der Waals surface area contributed by atoms with Gasteiger partial charge in [-0.3, -0.25) is 0 Å². The van der Waals surface area contributed by atoms with Crippen molar-refractivity contribution < 1.29 is 4.39 Å². The maximum Gasteiger partial charge on any atom is 0.145 e. The van der Waals surface area contributed by atoms with Gasteiger partial charge in [-0.1, -0.05) is 32.4 Å². The highest BCUT2D eigenvalue weighted by atomic mass is 19.1. The lowest BCUT2D eigenvalue weighted by molar-refractivity contribution is 0.409. The average Bonchev–Trinajstić information content (AvgIpc) is 2.37. The normalized spacial score (nSPS) is 13.9. The van der Waals surface area contributed by atoms with Crippen LogP contribution in [0.5, 0.6) is 0 Å². The summed E-state index contributed by atoms with van der Waals surface area (Å²) >= 11 is 0. The second-order valence-electron chi connectivity index (χ2n) is 4.92. The summed E-state index contributed by atoms with van der Waals surface area (Å²) in [5.74, 6) is 0.269. The Morgan fingerprint density at radius 1 is 1.39 bits per heavy atom. The summed E-state index contributed by atoms with van der Waals surface area (Å²) in [4.78, 5) is 0. The van der Waals surface area contributed by atoms with E-state index in [0.29, 0.717) is 24.1 Å². The van der Waals surface area contributed by atoms with E-state index in [-0.39, 0.29) is 5.56 Å². The molecule has 0 amide bonds. The molecule has 0 aliphatic rings. The topological polar surface area (TPSA) is 35.8 Å². The van der Waals surface area contributed by atoms with Crippen LogP contribution in [0.4, 0.5) is 4.39 Å². The fraction of sp³-hybridized carbons (Fsp3) is 0.533. The molecule has 2 unspecified atom stereocenters. The van der Waals surface area contributed by atoms with Crippen LogP contribution in [-0.2, 0) is 6.54 Å². The number of hydrogen-bond acceptors (Lipinski definition) is 2. The predicted molar refractivity (Wildman–Crippen MR) is 71.5 cm³/mol. The maximum atomic E-state index is 13.8. The summed E-state index contributed by atoms with van der Waals surface area (Å²) in [5, 5.41) is 12.1. The summed E-state index contributed by atoms with van der Waals surface area (Å²) in [6, 6.07) is 7.16. The van der Waals surface area contributed by atoms with Crippen molar-refractivity contribution in [2.45, 2.75) is 46.2 Å². The molecular formula is C15H21FN2. The molecule has 0 fully saturated rings. The van der Waals surface area contributed by atoms with Crippen LogP contribution in [-0.4, -0.2) is 6.04 Å². The maximum absolute atomic E-state index is 13.8. The molecule has 0 saturated carbocycles. The van der Waals surface area contributed by atoms with Crippen molar-refractivity contribution in [3.8, 4) is 6.07 Å². The third-order valence-electron chi connectivity index (χ3n) is 3.29. The van der Waals surface area contributed by atoms with E-state index < -0.39 is 5.82 Å². The fourth-order valence-electron chi connectivity index (χ4n) is 1.94. The minimum Gasteiger partial charge on any atom is -0.310 e. The van der Waals surface area contributed by atoms with Crippen molar-refractivity contribution in [2.75, 3.05) is 0 Å². The quantitative estimate of drug-likeness (QED) is 0.834. The van der Waals surface area contributed by atoms with Gasteiger partial charge in [0.1, 0.15) is 11.9 Å². The molecule has 0 heterocycles. The van der Waals surface area contributed by atoms with Crippen molar-refractivity contribution in [1.29, 1.82) is 5.26 Å². The lowest BCUT2D eigenvalue weighted by atomic mass is 10.00. The van der Waals surface area contributed by atoms with Gasteiger partial charge in [0.25, 0.3) is 0 Å². The predicted octanol–water partition coefficient (Wildman–Crippen LogP) is 3.61. The Morgan fingerprint density at radius 3 is 2.72 bits per heavy atom. The number of nitriles is 1. The largest absolute Gasteiger partial charge is 0.310 e. The lowest BCUT2D eigenvalue weighted by Gasteiger charge is -2.17. The van der Waals surface area contributed by atoms with E-state index in [0.717, 1.165) is 12.8 Å². The number of nitrogens with zero attached hydrogens (tertiary/aromatic N) is 1. The highest BCUT2D eigenvalue weighted by molar-refractivity contribution is 5.34. The van der Waals surface area contributed by atoms with E-state index in [4.69, 9.17) is 5.26 Å². The zero-order valence-corrected chi connectivity index (χ0v) is 11.3.